The van der Waals surface area contributed by atoms with E-state index in [1.807, 2.05) is 4.90 Å². The molecule has 0 saturated carbocycles. The second kappa shape index (κ2) is 9.98. The quantitative estimate of drug-likeness (QED) is 0.733. The van der Waals surface area contributed by atoms with Gasteiger partial charge in [0.05, 0.1) is 25.6 Å². The molecule has 0 aromatic heterocycles. The maximum Gasteiger partial charge on any atom is 0.337 e. The van der Waals surface area contributed by atoms with Crippen LogP contribution >= 0.6 is 0 Å². The molecular formula is C22H24FN3O4. The summed E-state index contributed by atoms with van der Waals surface area (Å²) >= 11 is 0. The van der Waals surface area contributed by atoms with Gasteiger partial charge in [-0.1, -0.05) is 18.2 Å². The highest BCUT2D eigenvalue weighted by Gasteiger charge is 2.22. The summed E-state index contributed by atoms with van der Waals surface area (Å²) in [7, 11) is 1.30. The first-order chi connectivity index (χ1) is 14.4. The number of rotatable bonds is 6. The Labute approximate surface area is 174 Å². The molecule has 0 bridgehead atoms. The summed E-state index contributed by atoms with van der Waals surface area (Å²) in [5.74, 6) is -0.990. The third-order valence-corrected chi connectivity index (χ3v) is 4.93. The first kappa shape index (κ1) is 21.4. The average Bonchev–Trinajstić information content (AvgIpc) is 2.75. The largest absolute Gasteiger partial charge is 0.465 e. The Balaban J connectivity index is 1.45. The molecule has 7 nitrogen and oxygen atoms in total. The van der Waals surface area contributed by atoms with Crippen molar-refractivity contribution in [2.75, 3.05) is 45.2 Å². The molecule has 2 aromatic rings. The summed E-state index contributed by atoms with van der Waals surface area (Å²) in [5.41, 5.74) is 1.66. The summed E-state index contributed by atoms with van der Waals surface area (Å²) in [6.07, 6.45) is 0.233. The lowest BCUT2D eigenvalue weighted by Gasteiger charge is -2.34. The molecule has 2 aromatic carbocycles. The molecule has 1 N–H and O–H groups in total. The maximum atomic E-state index is 13.0. The van der Waals surface area contributed by atoms with Gasteiger partial charge < -0.3 is 15.0 Å². The van der Waals surface area contributed by atoms with E-state index in [4.69, 9.17) is 0 Å². The van der Waals surface area contributed by atoms with Gasteiger partial charge in [-0.3, -0.25) is 14.5 Å². The van der Waals surface area contributed by atoms with Crippen LogP contribution in [0.25, 0.3) is 0 Å². The predicted molar refractivity (Wildman–Crippen MR) is 110 cm³/mol. The summed E-state index contributed by atoms with van der Waals surface area (Å²) in [6.45, 7) is 2.44. The Kier molecular flexibility index (Phi) is 7.13. The van der Waals surface area contributed by atoms with Crippen molar-refractivity contribution in [3.63, 3.8) is 0 Å². The number of nitrogens with zero attached hydrogens (tertiary/aromatic N) is 2. The highest BCUT2D eigenvalue weighted by atomic mass is 19.1. The van der Waals surface area contributed by atoms with Crippen molar-refractivity contribution >= 4 is 23.5 Å². The van der Waals surface area contributed by atoms with Crippen molar-refractivity contribution in [1.29, 1.82) is 0 Å². The van der Waals surface area contributed by atoms with Crippen molar-refractivity contribution < 1.29 is 23.5 Å². The van der Waals surface area contributed by atoms with Crippen molar-refractivity contribution in [2.24, 2.45) is 0 Å². The predicted octanol–water partition coefficient (Wildman–Crippen LogP) is 1.94. The third kappa shape index (κ3) is 5.87. The number of methoxy groups -OCH3 is 1. The van der Waals surface area contributed by atoms with Crippen molar-refractivity contribution in [3.8, 4) is 0 Å². The average molecular weight is 413 g/mol. The molecule has 8 heteroatoms. The second-order valence-corrected chi connectivity index (χ2v) is 7.08. The Morgan fingerprint density at radius 2 is 1.73 bits per heavy atom. The van der Waals surface area contributed by atoms with Crippen LogP contribution in [0.2, 0.25) is 0 Å². The molecule has 0 spiro atoms. The van der Waals surface area contributed by atoms with Crippen molar-refractivity contribution in [1.82, 2.24) is 9.80 Å². The number of carbonyl (C=O) groups is 3. The van der Waals surface area contributed by atoms with Gasteiger partial charge in [-0.25, -0.2) is 9.18 Å². The summed E-state index contributed by atoms with van der Waals surface area (Å²) in [6, 6.07) is 12.5. The smallest absolute Gasteiger partial charge is 0.337 e. The van der Waals surface area contributed by atoms with Crippen molar-refractivity contribution in [2.45, 2.75) is 6.42 Å². The minimum Gasteiger partial charge on any atom is -0.465 e. The molecule has 0 unspecified atom stereocenters. The zero-order valence-corrected chi connectivity index (χ0v) is 16.8. The highest BCUT2D eigenvalue weighted by Crippen LogP contribution is 2.12. The van der Waals surface area contributed by atoms with Crippen LogP contribution in [0, 0.1) is 5.82 Å². The molecule has 0 aliphatic carbocycles. The van der Waals surface area contributed by atoms with Crippen LogP contribution in [0.3, 0.4) is 0 Å². The second-order valence-electron chi connectivity index (χ2n) is 7.08. The standard InChI is InChI=1S/C22H24FN3O4/c1-30-22(29)17-3-2-4-19(14-17)24-20(27)15-25-9-11-26(12-10-25)21(28)13-16-5-7-18(23)8-6-16/h2-8,14H,9-13,15H2,1H3,(H,24,27). The first-order valence-electron chi connectivity index (χ1n) is 9.67. The number of carbonyl (C=O) groups excluding carboxylic acids is 3. The summed E-state index contributed by atoms with van der Waals surface area (Å²) < 4.78 is 17.7. The van der Waals surface area contributed by atoms with Gasteiger partial charge in [0.2, 0.25) is 11.8 Å². The number of halogens is 1. The molecule has 1 fully saturated rings. The Morgan fingerprint density at radius 3 is 2.40 bits per heavy atom. The molecule has 1 heterocycles. The molecular weight excluding hydrogens is 389 g/mol. The Morgan fingerprint density at radius 1 is 1.03 bits per heavy atom. The van der Waals surface area contributed by atoms with E-state index < -0.39 is 5.97 Å². The minimum atomic E-state index is -0.465. The first-order valence-corrected chi connectivity index (χ1v) is 9.67. The van der Waals surface area contributed by atoms with Crippen LogP contribution < -0.4 is 5.32 Å². The lowest BCUT2D eigenvalue weighted by Crippen LogP contribution is -2.50. The fourth-order valence-corrected chi connectivity index (χ4v) is 3.29. The third-order valence-electron chi connectivity index (χ3n) is 4.93. The number of amides is 2. The zero-order chi connectivity index (χ0) is 21.5. The zero-order valence-electron chi connectivity index (χ0n) is 16.8. The molecule has 1 saturated heterocycles. The van der Waals surface area contributed by atoms with Gasteiger partial charge in [0.25, 0.3) is 0 Å². The minimum absolute atomic E-state index is 0.00895. The SMILES string of the molecule is COC(=O)c1cccc(NC(=O)CN2CCN(C(=O)Cc3ccc(F)cc3)CC2)c1. The van der Waals surface area contributed by atoms with Crippen LogP contribution in [0.5, 0.6) is 0 Å². The lowest BCUT2D eigenvalue weighted by atomic mass is 10.1. The fraction of sp³-hybridized carbons (Fsp3) is 0.318. The van der Waals surface area contributed by atoms with E-state index in [0.29, 0.717) is 37.4 Å². The maximum absolute atomic E-state index is 13.0. The van der Waals surface area contributed by atoms with Gasteiger partial charge >= 0.3 is 5.97 Å². The van der Waals surface area contributed by atoms with Gasteiger partial charge in [-0.05, 0) is 35.9 Å². The van der Waals surface area contributed by atoms with Crippen LogP contribution in [-0.2, 0) is 20.7 Å². The molecule has 0 atom stereocenters. The van der Waals surface area contributed by atoms with Crippen LogP contribution in [0.4, 0.5) is 10.1 Å². The van der Waals surface area contributed by atoms with E-state index in [1.165, 1.54) is 19.2 Å². The Hall–Kier alpha value is -3.26. The van der Waals surface area contributed by atoms with E-state index in [9.17, 15) is 18.8 Å². The van der Waals surface area contributed by atoms with Crippen LogP contribution in [0.1, 0.15) is 15.9 Å². The van der Waals surface area contributed by atoms with Gasteiger partial charge in [0.15, 0.2) is 0 Å². The van der Waals surface area contributed by atoms with Crippen molar-refractivity contribution in [3.05, 3.63) is 65.5 Å². The number of nitrogens with one attached hydrogen (secondary N) is 1. The topological polar surface area (TPSA) is 79.0 Å². The van der Waals surface area contributed by atoms with E-state index in [1.54, 1.807) is 41.3 Å². The number of esters is 1. The number of hydrogen-bond acceptors (Lipinski definition) is 5. The van der Waals surface area contributed by atoms with Gasteiger partial charge in [0, 0.05) is 31.9 Å². The van der Waals surface area contributed by atoms with Gasteiger partial charge in [-0.2, -0.15) is 0 Å². The summed E-state index contributed by atoms with van der Waals surface area (Å²) in [5, 5.41) is 2.78. The fourth-order valence-electron chi connectivity index (χ4n) is 3.29. The molecule has 3 rings (SSSR count). The van der Waals surface area contributed by atoms with E-state index in [2.05, 4.69) is 10.1 Å². The normalized spacial score (nSPS) is 14.3. The summed E-state index contributed by atoms with van der Waals surface area (Å²) in [4.78, 5) is 40.1. The van der Waals surface area contributed by atoms with Crippen LogP contribution in [0.15, 0.2) is 48.5 Å². The van der Waals surface area contributed by atoms with E-state index >= 15 is 0 Å². The number of hydrogen-bond donors (Lipinski definition) is 1. The lowest BCUT2D eigenvalue weighted by molar-refractivity contribution is -0.132. The number of benzene rings is 2. The number of piperazine rings is 1. The molecule has 158 valence electrons. The van der Waals surface area contributed by atoms with Gasteiger partial charge in [0.1, 0.15) is 5.82 Å². The van der Waals surface area contributed by atoms with E-state index in [0.717, 1.165) is 5.56 Å². The van der Waals surface area contributed by atoms with E-state index in [-0.39, 0.29) is 30.6 Å². The highest BCUT2D eigenvalue weighted by molar-refractivity contribution is 5.95. The monoisotopic (exact) mass is 413 g/mol. The van der Waals surface area contributed by atoms with Crippen LogP contribution in [-0.4, -0.2) is 67.4 Å². The molecule has 1 aliphatic rings. The molecule has 30 heavy (non-hydrogen) atoms. The number of ether oxygens (including phenoxy) is 1. The number of anilines is 1. The Bertz CT molecular complexity index is 909. The molecule has 0 radical (unpaired) electrons. The van der Waals surface area contributed by atoms with Gasteiger partial charge in [-0.15, -0.1) is 0 Å². The molecule has 1 aliphatic heterocycles. The molecule has 2 amide bonds.